The van der Waals surface area contributed by atoms with Crippen LogP contribution in [0, 0.1) is 0 Å². The first-order valence-electron chi connectivity index (χ1n) is 9.43. The van der Waals surface area contributed by atoms with E-state index in [-0.39, 0.29) is 17.5 Å². The van der Waals surface area contributed by atoms with Crippen molar-refractivity contribution in [2.45, 2.75) is 18.9 Å². The Hall–Kier alpha value is -3.16. The van der Waals surface area contributed by atoms with E-state index in [0.29, 0.717) is 37.3 Å². The molecule has 1 saturated carbocycles. The monoisotopic (exact) mass is 382 g/mol. The minimum Gasteiger partial charge on any atom is -0.345 e. The smallest absolute Gasteiger partial charge is 0.312 e. The molecule has 0 bridgehead atoms. The van der Waals surface area contributed by atoms with Crippen LogP contribution in [0.15, 0.2) is 35.1 Å². The van der Waals surface area contributed by atoms with Gasteiger partial charge in [0.1, 0.15) is 0 Å². The lowest BCUT2D eigenvalue weighted by atomic mass is 10.1. The van der Waals surface area contributed by atoms with Crippen molar-refractivity contribution in [3.63, 3.8) is 0 Å². The number of fused-ring (bicyclic) bond motifs is 1. The second kappa shape index (κ2) is 7.10. The highest BCUT2D eigenvalue weighted by molar-refractivity contribution is 6.35. The number of piperazine rings is 1. The number of benzene rings is 1. The number of para-hydroxylation sites is 1. The van der Waals surface area contributed by atoms with Crippen LogP contribution in [0.3, 0.4) is 0 Å². The zero-order valence-corrected chi connectivity index (χ0v) is 15.7. The molecule has 0 spiro atoms. The van der Waals surface area contributed by atoms with Crippen LogP contribution in [0.1, 0.15) is 23.2 Å². The zero-order chi connectivity index (χ0) is 19.8. The summed E-state index contributed by atoms with van der Waals surface area (Å²) in [6.45, 7) is 1.24. The fraction of sp³-hybridized carbons (Fsp3) is 0.400. The van der Waals surface area contributed by atoms with Crippen molar-refractivity contribution >= 4 is 28.6 Å². The van der Waals surface area contributed by atoms with Crippen LogP contribution in [0.4, 0.5) is 0 Å². The molecule has 0 radical (unpaired) electrons. The second-order valence-corrected chi connectivity index (χ2v) is 7.30. The number of hydrogen-bond acceptors (Lipinski definition) is 4. The summed E-state index contributed by atoms with van der Waals surface area (Å²) in [6, 6.07) is 8.79. The van der Waals surface area contributed by atoms with Crippen LogP contribution in [0.25, 0.3) is 10.9 Å². The molecule has 3 amide bonds. The molecule has 2 heterocycles. The Morgan fingerprint density at radius 3 is 2.32 bits per heavy atom. The summed E-state index contributed by atoms with van der Waals surface area (Å²) in [5.41, 5.74) is 0.821. The standard InChI is InChI=1S/C20H22N4O4/c1-22-16-5-3-2-4-14(16)15(12-17(22)25)19(27)23-8-10-24(11-9-23)20(28)18(26)21-13-6-7-13/h2-5,12-13H,6-11H2,1H3,(H,21,26). The van der Waals surface area contributed by atoms with Gasteiger partial charge in [0.15, 0.2) is 0 Å². The van der Waals surface area contributed by atoms with Gasteiger partial charge in [-0.2, -0.15) is 0 Å². The predicted molar refractivity (Wildman–Crippen MR) is 103 cm³/mol. The van der Waals surface area contributed by atoms with Gasteiger partial charge in [-0.1, -0.05) is 18.2 Å². The molecule has 1 aliphatic carbocycles. The SMILES string of the molecule is Cn1c(=O)cc(C(=O)N2CCN(C(=O)C(=O)NC3CC3)CC2)c2ccccc21. The van der Waals surface area contributed by atoms with Crippen LogP contribution in [0.5, 0.6) is 0 Å². The van der Waals surface area contributed by atoms with Gasteiger partial charge in [-0.15, -0.1) is 0 Å². The maximum Gasteiger partial charge on any atom is 0.312 e. The molecule has 2 aromatic rings. The Bertz CT molecular complexity index is 1020. The number of aryl methyl sites for hydroxylation is 1. The summed E-state index contributed by atoms with van der Waals surface area (Å²) in [5.74, 6) is -1.35. The first-order valence-corrected chi connectivity index (χ1v) is 9.43. The zero-order valence-electron chi connectivity index (χ0n) is 15.7. The Morgan fingerprint density at radius 2 is 1.64 bits per heavy atom. The van der Waals surface area contributed by atoms with Crippen LogP contribution in [-0.4, -0.2) is 64.3 Å². The van der Waals surface area contributed by atoms with Crippen molar-refractivity contribution in [3.8, 4) is 0 Å². The average Bonchev–Trinajstić information content (AvgIpc) is 3.53. The molecule has 0 unspecified atom stereocenters. The van der Waals surface area contributed by atoms with Gasteiger partial charge in [-0.05, 0) is 18.9 Å². The molecule has 28 heavy (non-hydrogen) atoms. The number of nitrogens with one attached hydrogen (secondary N) is 1. The predicted octanol–water partition coefficient (Wildman–Crippen LogP) is 0.102. The molecular weight excluding hydrogens is 360 g/mol. The second-order valence-electron chi connectivity index (χ2n) is 7.30. The van der Waals surface area contributed by atoms with E-state index in [2.05, 4.69) is 5.32 Å². The highest BCUT2D eigenvalue weighted by Gasteiger charge is 2.32. The number of rotatable bonds is 2. The van der Waals surface area contributed by atoms with Gasteiger partial charge in [0, 0.05) is 50.7 Å². The number of hydrogen-bond donors (Lipinski definition) is 1. The van der Waals surface area contributed by atoms with E-state index in [1.165, 1.54) is 15.5 Å². The van der Waals surface area contributed by atoms with Crippen LogP contribution < -0.4 is 10.9 Å². The fourth-order valence-corrected chi connectivity index (χ4v) is 3.49. The Balaban J connectivity index is 1.48. The lowest BCUT2D eigenvalue weighted by Gasteiger charge is -2.34. The molecule has 1 N–H and O–H groups in total. The van der Waals surface area contributed by atoms with Gasteiger partial charge < -0.3 is 19.7 Å². The molecule has 1 aromatic carbocycles. The highest BCUT2D eigenvalue weighted by Crippen LogP contribution is 2.20. The number of carbonyl (C=O) groups excluding carboxylic acids is 3. The quantitative estimate of drug-likeness (QED) is 0.746. The molecule has 2 fully saturated rings. The van der Waals surface area contributed by atoms with Crippen molar-refractivity contribution in [1.29, 1.82) is 0 Å². The van der Waals surface area contributed by atoms with Crippen molar-refractivity contribution in [2.75, 3.05) is 26.2 Å². The minimum absolute atomic E-state index is 0.133. The summed E-state index contributed by atoms with van der Waals surface area (Å²) in [6.07, 6.45) is 1.84. The van der Waals surface area contributed by atoms with Crippen LogP contribution >= 0.6 is 0 Å². The molecule has 8 nitrogen and oxygen atoms in total. The van der Waals surface area contributed by atoms with Gasteiger partial charge in [0.2, 0.25) is 0 Å². The average molecular weight is 382 g/mol. The molecule has 8 heteroatoms. The van der Waals surface area contributed by atoms with E-state index in [1.54, 1.807) is 11.9 Å². The van der Waals surface area contributed by atoms with E-state index in [0.717, 1.165) is 18.2 Å². The third kappa shape index (κ3) is 3.37. The van der Waals surface area contributed by atoms with Crippen molar-refractivity contribution in [3.05, 3.63) is 46.2 Å². The highest BCUT2D eigenvalue weighted by atomic mass is 16.2. The van der Waals surface area contributed by atoms with E-state index in [9.17, 15) is 19.2 Å². The van der Waals surface area contributed by atoms with E-state index in [4.69, 9.17) is 0 Å². The summed E-state index contributed by atoms with van der Waals surface area (Å²) < 4.78 is 1.52. The first-order chi connectivity index (χ1) is 13.5. The number of aromatic nitrogens is 1. The molecular formula is C20H22N4O4. The molecule has 0 atom stereocenters. The molecule has 1 aliphatic heterocycles. The van der Waals surface area contributed by atoms with Gasteiger partial charge in [0.05, 0.1) is 11.1 Å². The lowest BCUT2D eigenvalue weighted by Crippen LogP contribution is -2.54. The summed E-state index contributed by atoms with van der Waals surface area (Å²) in [4.78, 5) is 52.5. The maximum absolute atomic E-state index is 13.0. The van der Waals surface area contributed by atoms with Gasteiger partial charge in [-0.3, -0.25) is 19.2 Å². The number of amides is 3. The summed E-state index contributed by atoms with van der Waals surface area (Å²) in [5, 5.41) is 3.41. The molecule has 4 rings (SSSR count). The van der Waals surface area contributed by atoms with Gasteiger partial charge >= 0.3 is 11.8 Å². The lowest BCUT2D eigenvalue weighted by molar-refractivity contribution is -0.146. The first kappa shape index (κ1) is 18.2. The van der Waals surface area contributed by atoms with Crippen molar-refractivity contribution < 1.29 is 14.4 Å². The molecule has 1 saturated heterocycles. The third-order valence-corrected chi connectivity index (χ3v) is 5.35. The van der Waals surface area contributed by atoms with Gasteiger partial charge in [0.25, 0.3) is 11.5 Å². The third-order valence-electron chi connectivity index (χ3n) is 5.35. The van der Waals surface area contributed by atoms with Crippen molar-refractivity contribution in [1.82, 2.24) is 19.7 Å². The summed E-state index contributed by atoms with van der Waals surface area (Å²) >= 11 is 0. The minimum atomic E-state index is -0.570. The van der Waals surface area contributed by atoms with Gasteiger partial charge in [-0.25, -0.2) is 0 Å². The largest absolute Gasteiger partial charge is 0.345 e. The number of carbonyl (C=O) groups is 3. The summed E-state index contributed by atoms with van der Waals surface area (Å²) in [7, 11) is 1.68. The van der Waals surface area contributed by atoms with Crippen LogP contribution in [0.2, 0.25) is 0 Å². The van der Waals surface area contributed by atoms with Crippen LogP contribution in [-0.2, 0) is 16.6 Å². The Kier molecular flexibility index (Phi) is 4.62. The van der Waals surface area contributed by atoms with Crippen molar-refractivity contribution in [2.24, 2.45) is 7.05 Å². The number of nitrogens with zero attached hydrogens (tertiary/aromatic N) is 3. The number of pyridine rings is 1. The molecule has 1 aromatic heterocycles. The topological polar surface area (TPSA) is 91.7 Å². The fourth-order valence-electron chi connectivity index (χ4n) is 3.49. The molecule has 146 valence electrons. The van der Waals surface area contributed by atoms with E-state index in [1.807, 2.05) is 24.3 Å². The molecule has 2 aliphatic rings. The maximum atomic E-state index is 13.0. The van der Waals surface area contributed by atoms with E-state index >= 15 is 0 Å². The Morgan fingerprint density at radius 1 is 1.00 bits per heavy atom. The normalized spacial score (nSPS) is 16.9. The Labute approximate surface area is 161 Å². The van der Waals surface area contributed by atoms with E-state index < -0.39 is 11.8 Å².